The van der Waals surface area contributed by atoms with Gasteiger partial charge in [-0.1, -0.05) is 43.0 Å². The van der Waals surface area contributed by atoms with Crippen LogP contribution >= 0.6 is 0 Å². The van der Waals surface area contributed by atoms with Crippen LogP contribution in [0.5, 0.6) is 11.5 Å². The quantitative estimate of drug-likeness (QED) is 0.593. The van der Waals surface area contributed by atoms with E-state index in [4.69, 9.17) is 9.47 Å². The number of ether oxygens (including phenoxy) is 2. The molecule has 2 nitrogen and oxygen atoms in total. The number of hydrogen-bond donors (Lipinski definition) is 0. The molecule has 0 aliphatic heterocycles. The molecule has 0 aliphatic carbocycles. The summed E-state index contributed by atoms with van der Waals surface area (Å²) in [5.74, 6) is 1.72. The monoisotopic (exact) mass is 322 g/mol. The zero-order valence-electron chi connectivity index (χ0n) is 14.7. The lowest BCUT2D eigenvalue weighted by molar-refractivity contribution is 0.342. The molecule has 0 aliphatic rings. The lowest BCUT2D eigenvalue weighted by atomic mass is 10.0. The summed E-state index contributed by atoms with van der Waals surface area (Å²) < 4.78 is 11.5. The number of rotatable bonds is 9. The number of benzene rings is 2. The summed E-state index contributed by atoms with van der Waals surface area (Å²) in [6, 6.07) is 14.7. The van der Waals surface area contributed by atoms with Gasteiger partial charge in [-0.05, 0) is 55.0 Å². The first kappa shape index (κ1) is 17.9. The smallest absolute Gasteiger partial charge is 0.127 e. The molecule has 2 heteroatoms. The number of hydrogen-bond acceptors (Lipinski definition) is 2. The van der Waals surface area contributed by atoms with E-state index in [0.29, 0.717) is 13.0 Å². The summed E-state index contributed by atoms with van der Waals surface area (Å²) >= 11 is 0. The van der Waals surface area contributed by atoms with Gasteiger partial charge in [0.25, 0.3) is 0 Å². The number of allylic oxidation sites excluding steroid dienone is 1. The summed E-state index contributed by atoms with van der Waals surface area (Å²) in [5.41, 5.74) is 4.57. The molecular formula is C22H26O2. The Morgan fingerprint density at radius 1 is 1.04 bits per heavy atom. The van der Waals surface area contributed by atoms with Crippen molar-refractivity contribution >= 4 is 0 Å². The van der Waals surface area contributed by atoms with Gasteiger partial charge < -0.3 is 9.47 Å². The highest BCUT2D eigenvalue weighted by Gasteiger charge is 2.12. The molecule has 0 heterocycles. The third-order valence-electron chi connectivity index (χ3n) is 3.82. The maximum Gasteiger partial charge on any atom is 0.127 e. The van der Waals surface area contributed by atoms with Gasteiger partial charge in [0.05, 0.1) is 7.11 Å². The van der Waals surface area contributed by atoms with E-state index in [1.165, 1.54) is 11.1 Å². The van der Waals surface area contributed by atoms with E-state index < -0.39 is 0 Å². The molecule has 126 valence electrons. The van der Waals surface area contributed by atoms with Gasteiger partial charge in [0.1, 0.15) is 18.1 Å². The second-order valence-corrected chi connectivity index (χ2v) is 6.00. The molecule has 0 saturated carbocycles. The molecule has 0 radical (unpaired) electrons. The molecule has 24 heavy (non-hydrogen) atoms. The highest BCUT2D eigenvalue weighted by Crippen LogP contribution is 2.32. The Morgan fingerprint density at radius 3 is 2.33 bits per heavy atom. The molecule has 0 amide bonds. The largest absolute Gasteiger partial charge is 0.496 e. The Morgan fingerprint density at radius 2 is 1.71 bits per heavy atom. The SMILES string of the molecule is C=CCc1c(OC)cc(CCc2ccccc2)cc1OCC(=C)C. The highest BCUT2D eigenvalue weighted by atomic mass is 16.5. The molecule has 0 bridgehead atoms. The van der Waals surface area contributed by atoms with Gasteiger partial charge in [-0.15, -0.1) is 6.58 Å². The van der Waals surface area contributed by atoms with Crippen molar-refractivity contribution in [2.75, 3.05) is 13.7 Å². The minimum absolute atomic E-state index is 0.509. The molecule has 0 atom stereocenters. The third-order valence-corrected chi connectivity index (χ3v) is 3.82. The Hall–Kier alpha value is -2.48. The van der Waals surface area contributed by atoms with Gasteiger partial charge in [-0.2, -0.15) is 0 Å². The second-order valence-electron chi connectivity index (χ2n) is 6.00. The van der Waals surface area contributed by atoms with E-state index in [-0.39, 0.29) is 0 Å². The standard InChI is InChI=1S/C22H26O2/c1-5-9-20-21(23-4)14-19(15-22(20)24-16-17(2)3)13-12-18-10-7-6-8-11-18/h5-8,10-11,14-15H,1-2,9,12-13,16H2,3-4H3. The number of aryl methyl sites for hydroxylation is 2. The zero-order valence-corrected chi connectivity index (χ0v) is 14.7. The number of methoxy groups -OCH3 is 1. The first-order valence-electron chi connectivity index (χ1n) is 8.25. The van der Waals surface area contributed by atoms with E-state index in [9.17, 15) is 0 Å². The van der Waals surface area contributed by atoms with Crippen LogP contribution in [0.3, 0.4) is 0 Å². The molecule has 0 N–H and O–H groups in total. The first-order chi connectivity index (χ1) is 11.6. The molecule has 0 saturated heterocycles. The Labute approximate surface area is 145 Å². The minimum Gasteiger partial charge on any atom is -0.496 e. The van der Waals surface area contributed by atoms with Crippen molar-refractivity contribution in [3.05, 3.63) is 84.0 Å². The molecule has 0 unspecified atom stereocenters. The van der Waals surface area contributed by atoms with E-state index in [1.54, 1.807) is 7.11 Å². The topological polar surface area (TPSA) is 18.5 Å². The predicted molar refractivity (Wildman–Crippen MR) is 101 cm³/mol. The second kappa shape index (κ2) is 8.97. The lowest BCUT2D eigenvalue weighted by Gasteiger charge is -2.16. The van der Waals surface area contributed by atoms with Crippen molar-refractivity contribution in [2.24, 2.45) is 0 Å². The first-order valence-corrected chi connectivity index (χ1v) is 8.25. The molecule has 0 aromatic heterocycles. The molecular weight excluding hydrogens is 296 g/mol. The van der Waals surface area contributed by atoms with E-state index in [1.807, 2.05) is 19.1 Å². The summed E-state index contributed by atoms with van der Waals surface area (Å²) in [4.78, 5) is 0. The normalized spacial score (nSPS) is 10.2. The van der Waals surface area contributed by atoms with Gasteiger partial charge in [0.15, 0.2) is 0 Å². The molecule has 2 aromatic carbocycles. The molecule has 0 spiro atoms. The maximum atomic E-state index is 5.96. The zero-order chi connectivity index (χ0) is 17.4. The van der Waals surface area contributed by atoms with Crippen LogP contribution in [0, 0.1) is 0 Å². The minimum atomic E-state index is 0.509. The molecule has 0 fully saturated rings. The maximum absolute atomic E-state index is 5.96. The third kappa shape index (κ3) is 5.02. The molecule has 2 rings (SSSR count). The van der Waals surface area contributed by atoms with Crippen LogP contribution in [0.25, 0.3) is 0 Å². The van der Waals surface area contributed by atoms with E-state index in [0.717, 1.165) is 35.5 Å². The van der Waals surface area contributed by atoms with Crippen LogP contribution in [-0.2, 0) is 19.3 Å². The summed E-state index contributed by atoms with van der Waals surface area (Å²) in [5, 5.41) is 0. The van der Waals surface area contributed by atoms with Crippen molar-refractivity contribution in [1.29, 1.82) is 0 Å². The van der Waals surface area contributed by atoms with Gasteiger partial charge >= 0.3 is 0 Å². The van der Waals surface area contributed by atoms with E-state index >= 15 is 0 Å². The van der Waals surface area contributed by atoms with Crippen molar-refractivity contribution in [2.45, 2.75) is 26.2 Å². The van der Waals surface area contributed by atoms with Crippen LogP contribution in [0.1, 0.15) is 23.6 Å². The summed E-state index contributed by atoms with van der Waals surface area (Å²) in [6.07, 6.45) is 4.52. The Bertz CT molecular complexity index is 687. The fourth-order valence-electron chi connectivity index (χ4n) is 2.61. The van der Waals surface area contributed by atoms with Gasteiger partial charge in [0.2, 0.25) is 0 Å². The lowest BCUT2D eigenvalue weighted by Crippen LogP contribution is -2.04. The van der Waals surface area contributed by atoms with Crippen molar-refractivity contribution in [1.82, 2.24) is 0 Å². The van der Waals surface area contributed by atoms with Gasteiger partial charge in [-0.3, -0.25) is 0 Å². The van der Waals surface area contributed by atoms with Crippen LogP contribution in [0.15, 0.2) is 67.3 Å². The summed E-state index contributed by atoms with van der Waals surface area (Å²) in [6.45, 7) is 10.2. The van der Waals surface area contributed by atoms with Gasteiger partial charge in [0, 0.05) is 5.56 Å². The van der Waals surface area contributed by atoms with Crippen molar-refractivity contribution in [3.63, 3.8) is 0 Å². The van der Waals surface area contributed by atoms with Crippen LogP contribution in [0.4, 0.5) is 0 Å². The van der Waals surface area contributed by atoms with E-state index in [2.05, 4.69) is 49.6 Å². The molecule has 2 aromatic rings. The fourth-order valence-corrected chi connectivity index (χ4v) is 2.61. The highest BCUT2D eigenvalue weighted by molar-refractivity contribution is 5.49. The summed E-state index contributed by atoms with van der Waals surface area (Å²) in [7, 11) is 1.70. The Balaban J connectivity index is 2.25. The fraction of sp³-hybridized carbons (Fsp3) is 0.273. The average Bonchev–Trinajstić information content (AvgIpc) is 2.60. The Kier molecular flexibility index (Phi) is 6.68. The van der Waals surface area contributed by atoms with Crippen LogP contribution < -0.4 is 9.47 Å². The average molecular weight is 322 g/mol. The van der Waals surface area contributed by atoms with Crippen molar-refractivity contribution < 1.29 is 9.47 Å². The predicted octanol–water partition coefficient (Wildman–Crippen LogP) is 5.16. The van der Waals surface area contributed by atoms with Crippen molar-refractivity contribution in [3.8, 4) is 11.5 Å². The van der Waals surface area contributed by atoms with Crippen LogP contribution in [0.2, 0.25) is 0 Å². The van der Waals surface area contributed by atoms with Gasteiger partial charge in [-0.25, -0.2) is 0 Å². The van der Waals surface area contributed by atoms with Crippen LogP contribution in [-0.4, -0.2) is 13.7 Å².